The van der Waals surface area contributed by atoms with E-state index < -0.39 is 5.41 Å². The molecule has 0 unspecified atom stereocenters. The summed E-state index contributed by atoms with van der Waals surface area (Å²) in [5.41, 5.74) is 1.41. The predicted octanol–water partition coefficient (Wildman–Crippen LogP) is 5.71. The first kappa shape index (κ1) is 20.2. The van der Waals surface area contributed by atoms with E-state index in [1.165, 1.54) is 6.42 Å². The van der Waals surface area contributed by atoms with Gasteiger partial charge < -0.3 is 14.8 Å². The van der Waals surface area contributed by atoms with Crippen LogP contribution in [0.2, 0.25) is 0 Å². The average Bonchev–Trinajstić information content (AvgIpc) is 2.75. The van der Waals surface area contributed by atoms with Crippen molar-refractivity contribution in [1.29, 1.82) is 0 Å². The van der Waals surface area contributed by atoms with E-state index in [0.29, 0.717) is 0 Å². The Labute approximate surface area is 168 Å². The highest BCUT2D eigenvalue weighted by molar-refractivity contribution is 5.99. The van der Waals surface area contributed by atoms with Gasteiger partial charge in [0.15, 0.2) is 0 Å². The lowest BCUT2D eigenvalue weighted by atomic mass is 9.68. The largest absolute Gasteiger partial charge is 0.497 e. The van der Waals surface area contributed by atoms with Gasteiger partial charge in [-0.2, -0.15) is 0 Å². The topological polar surface area (TPSA) is 47.6 Å². The summed E-state index contributed by atoms with van der Waals surface area (Å²) >= 11 is 0. The number of anilines is 1. The van der Waals surface area contributed by atoms with Gasteiger partial charge in [0.25, 0.3) is 0 Å². The van der Waals surface area contributed by atoms with Crippen molar-refractivity contribution >= 4 is 11.6 Å². The van der Waals surface area contributed by atoms with E-state index in [9.17, 15) is 4.79 Å². The number of methoxy groups -OCH3 is 1. The van der Waals surface area contributed by atoms with Crippen LogP contribution in [-0.2, 0) is 10.2 Å². The molecule has 0 heterocycles. The number of carbonyl (C=O) groups is 1. The number of amides is 1. The molecule has 2 aromatic carbocycles. The van der Waals surface area contributed by atoms with Crippen molar-refractivity contribution in [2.24, 2.45) is 0 Å². The first-order valence-corrected chi connectivity index (χ1v) is 10.4. The van der Waals surface area contributed by atoms with Crippen LogP contribution in [0.3, 0.4) is 0 Å². The van der Waals surface area contributed by atoms with Gasteiger partial charge in [-0.15, -0.1) is 0 Å². The van der Waals surface area contributed by atoms with Gasteiger partial charge in [0.1, 0.15) is 11.5 Å². The number of hydrogen-bond donors (Lipinski definition) is 1. The smallest absolute Gasteiger partial charge is 0.235 e. The number of ether oxygens (including phenoxy) is 2. The van der Waals surface area contributed by atoms with Crippen molar-refractivity contribution < 1.29 is 14.3 Å². The molecule has 0 bridgehead atoms. The molecule has 4 heteroatoms. The van der Waals surface area contributed by atoms with Gasteiger partial charge >= 0.3 is 0 Å². The number of unbranched alkanes of at least 4 members (excludes halogenated alkanes) is 1. The summed E-state index contributed by atoms with van der Waals surface area (Å²) in [5, 5.41) is 3.15. The summed E-state index contributed by atoms with van der Waals surface area (Å²) in [6.45, 7) is 2.87. The fourth-order valence-electron chi connectivity index (χ4n) is 3.93. The van der Waals surface area contributed by atoms with Crippen LogP contribution in [0, 0.1) is 0 Å². The molecule has 0 aliphatic heterocycles. The van der Waals surface area contributed by atoms with E-state index in [0.717, 1.165) is 67.9 Å². The van der Waals surface area contributed by atoms with Crippen LogP contribution < -0.4 is 14.8 Å². The van der Waals surface area contributed by atoms with Crippen molar-refractivity contribution in [3.8, 4) is 11.5 Å². The molecule has 0 saturated heterocycles. The lowest BCUT2D eigenvalue weighted by Crippen LogP contribution is -2.42. The average molecular weight is 382 g/mol. The van der Waals surface area contributed by atoms with Crippen molar-refractivity contribution in [1.82, 2.24) is 0 Å². The van der Waals surface area contributed by atoms with Crippen LogP contribution in [0.25, 0.3) is 0 Å². The third-order valence-electron chi connectivity index (χ3n) is 5.66. The van der Waals surface area contributed by atoms with Crippen LogP contribution in [0.5, 0.6) is 11.5 Å². The van der Waals surface area contributed by atoms with Gasteiger partial charge in [0, 0.05) is 5.69 Å². The summed E-state index contributed by atoms with van der Waals surface area (Å²) in [6.07, 6.45) is 7.25. The van der Waals surface area contributed by atoms with Crippen LogP contribution in [0.15, 0.2) is 48.5 Å². The Bertz CT molecular complexity index is 746. The summed E-state index contributed by atoms with van der Waals surface area (Å²) in [5.74, 6) is 1.74. The Morgan fingerprint density at radius 2 is 1.61 bits per heavy atom. The minimum absolute atomic E-state index is 0.0806. The van der Waals surface area contributed by atoms with Crippen LogP contribution >= 0.6 is 0 Å². The third-order valence-corrected chi connectivity index (χ3v) is 5.66. The molecule has 0 radical (unpaired) electrons. The Hall–Kier alpha value is -2.49. The highest BCUT2D eigenvalue weighted by Gasteiger charge is 2.41. The molecular weight excluding hydrogens is 350 g/mol. The maximum atomic E-state index is 13.4. The van der Waals surface area contributed by atoms with Crippen LogP contribution in [0.4, 0.5) is 5.69 Å². The Morgan fingerprint density at radius 3 is 2.21 bits per heavy atom. The van der Waals surface area contributed by atoms with Crippen LogP contribution in [0.1, 0.15) is 57.4 Å². The summed E-state index contributed by atoms with van der Waals surface area (Å²) in [4.78, 5) is 13.4. The minimum Gasteiger partial charge on any atom is -0.497 e. The van der Waals surface area contributed by atoms with Crippen molar-refractivity contribution in [3.63, 3.8) is 0 Å². The number of nitrogens with one attached hydrogen (secondary N) is 1. The first-order chi connectivity index (χ1) is 13.7. The number of carbonyl (C=O) groups excluding carboxylic acids is 1. The zero-order chi connectivity index (χ0) is 19.8. The molecule has 150 valence electrons. The van der Waals surface area contributed by atoms with Gasteiger partial charge in [-0.05, 0) is 61.2 Å². The quantitative estimate of drug-likeness (QED) is 0.595. The molecule has 4 nitrogen and oxygen atoms in total. The second-order valence-corrected chi connectivity index (χ2v) is 7.55. The molecule has 28 heavy (non-hydrogen) atoms. The fourth-order valence-corrected chi connectivity index (χ4v) is 3.93. The molecule has 1 aliphatic rings. The molecular formula is C24H31NO3. The highest BCUT2D eigenvalue weighted by Crippen LogP contribution is 2.41. The SMILES string of the molecule is CCCCOc1ccc(NC(=O)C2(c3ccc(OC)cc3)CCCCC2)cc1. The maximum absolute atomic E-state index is 13.4. The van der Waals surface area contributed by atoms with E-state index in [-0.39, 0.29) is 5.91 Å². The number of benzene rings is 2. The molecule has 0 aromatic heterocycles. The lowest BCUT2D eigenvalue weighted by Gasteiger charge is -2.36. The fraction of sp³-hybridized carbons (Fsp3) is 0.458. The van der Waals surface area contributed by atoms with E-state index in [1.807, 2.05) is 48.5 Å². The number of hydrogen-bond acceptors (Lipinski definition) is 3. The first-order valence-electron chi connectivity index (χ1n) is 10.4. The molecule has 2 aromatic rings. The predicted molar refractivity (Wildman–Crippen MR) is 113 cm³/mol. The molecule has 1 N–H and O–H groups in total. The van der Waals surface area contributed by atoms with Gasteiger partial charge in [0.2, 0.25) is 5.91 Å². The van der Waals surface area contributed by atoms with Gasteiger partial charge in [-0.1, -0.05) is 44.7 Å². The zero-order valence-corrected chi connectivity index (χ0v) is 17.0. The van der Waals surface area contributed by atoms with E-state index in [2.05, 4.69) is 12.2 Å². The van der Waals surface area contributed by atoms with Gasteiger partial charge in [0.05, 0.1) is 19.1 Å². The lowest BCUT2D eigenvalue weighted by molar-refractivity contribution is -0.122. The van der Waals surface area contributed by atoms with E-state index in [4.69, 9.17) is 9.47 Å². The normalized spacial score (nSPS) is 15.6. The van der Waals surface area contributed by atoms with Crippen molar-refractivity contribution in [3.05, 3.63) is 54.1 Å². The third kappa shape index (κ3) is 4.67. The monoisotopic (exact) mass is 381 g/mol. The van der Waals surface area contributed by atoms with E-state index >= 15 is 0 Å². The summed E-state index contributed by atoms with van der Waals surface area (Å²) in [6, 6.07) is 15.7. The van der Waals surface area contributed by atoms with Crippen LogP contribution in [-0.4, -0.2) is 19.6 Å². The molecule has 1 amide bonds. The van der Waals surface area contributed by atoms with Gasteiger partial charge in [-0.25, -0.2) is 0 Å². The Kier molecular flexibility index (Phi) is 6.96. The highest BCUT2D eigenvalue weighted by atomic mass is 16.5. The van der Waals surface area contributed by atoms with Crippen molar-refractivity contribution in [2.45, 2.75) is 57.3 Å². The summed E-state index contributed by atoms with van der Waals surface area (Å²) in [7, 11) is 1.66. The molecule has 0 atom stereocenters. The Morgan fingerprint density at radius 1 is 0.964 bits per heavy atom. The zero-order valence-electron chi connectivity index (χ0n) is 17.0. The van der Waals surface area contributed by atoms with Gasteiger partial charge in [-0.3, -0.25) is 4.79 Å². The maximum Gasteiger partial charge on any atom is 0.235 e. The number of rotatable bonds is 8. The van der Waals surface area contributed by atoms with Crippen molar-refractivity contribution in [2.75, 3.05) is 19.0 Å². The molecule has 0 spiro atoms. The second-order valence-electron chi connectivity index (χ2n) is 7.55. The standard InChI is InChI=1S/C24H31NO3/c1-3-4-18-28-22-14-10-20(11-15-22)25-23(26)24(16-6-5-7-17-24)19-8-12-21(27-2)13-9-19/h8-15H,3-7,16-18H2,1-2H3,(H,25,26). The molecule has 1 aliphatic carbocycles. The molecule has 1 saturated carbocycles. The second kappa shape index (κ2) is 9.63. The Balaban J connectivity index is 1.74. The molecule has 3 rings (SSSR count). The minimum atomic E-state index is -0.471. The summed E-state index contributed by atoms with van der Waals surface area (Å²) < 4.78 is 11.0. The van der Waals surface area contributed by atoms with E-state index in [1.54, 1.807) is 7.11 Å². The molecule has 1 fully saturated rings.